The van der Waals surface area contributed by atoms with Crippen LogP contribution in [0.15, 0.2) is 12.4 Å². The van der Waals surface area contributed by atoms with Gasteiger partial charge in [-0.1, -0.05) is 0 Å². The first kappa shape index (κ1) is 9.26. The molecule has 13 heavy (non-hydrogen) atoms. The molecule has 1 aromatic heterocycles. The Morgan fingerprint density at radius 3 is 2.69 bits per heavy atom. The van der Waals surface area contributed by atoms with Gasteiger partial charge in [0.1, 0.15) is 18.0 Å². The molecule has 0 radical (unpaired) electrons. The van der Waals surface area contributed by atoms with E-state index in [1.807, 2.05) is 13.8 Å². The van der Waals surface area contributed by atoms with E-state index in [1.54, 1.807) is 12.3 Å². The topological polar surface area (TPSA) is 73.6 Å². The molecule has 5 nitrogen and oxygen atoms in total. The standard InChI is InChI=1S/C8H11N5/c1-6(2)13-8-3-7(10-4-9)11-5-12-8/h3,5-6H,1-2H3,(H2,10,11,12,13). The highest BCUT2D eigenvalue weighted by Crippen LogP contribution is 2.08. The number of nitrogens with zero attached hydrogens (tertiary/aromatic N) is 3. The van der Waals surface area contributed by atoms with E-state index in [0.717, 1.165) is 0 Å². The fourth-order valence-corrected chi connectivity index (χ4v) is 0.858. The van der Waals surface area contributed by atoms with Crippen molar-refractivity contribution in [3.05, 3.63) is 12.4 Å². The lowest BCUT2D eigenvalue weighted by Gasteiger charge is -2.08. The quantitative estimate of drug-likeness (QED) is 0.536. The van der Waals surface area contributed by atoms with Crippen molar-refractivity contribution in [3.63, 3.8) is 0 Å². The second kappa shape index (κ2) is 4.26. The summed E-state index contributed by atoms with van der Waals surface area (Å²) in [5, 5.41) is 13.9. The van der Waals surface area contributed by atoms with Gasteiger partial charge in [0.2, 0.25) is 0 Å². The van der Waals surface area contributed by atoms with Crippen LogP contribution in [0.2, 0.25) is 0 Å². The lowest BCUT2D eigenvalue weighted by atomic mass is 10.4. The fourth-order valence-electron chi connectivity index (χ4n) is 0.858. The molecule has 0 saturated carbocycles. The Bertz CT molecular complexity index is 315. The molecule has 0 saturated heterocycles. The van der Waals surface area contributed by atoms with Gasteiger partial charge in [0, 0.05) is 12.1 Å². The maximum absolute atomic E-state index is 8.35. The lowest BCUT2D eigenvalue weighted by Crippen LogP contribution is -2.11. The summed E-state index contributed by atoms with van der Waals surface area (Å²) in [6.45, 7) is 4.03. The maximum atomic E-state index is 8.35. The molecule has 0 aliphatic carbocycles. The highest BCUT2D eigenvalue weighted by atomic mass is 15.1. The SMILES string of the molecule is CC(C)Nc1cc(NC#N)ncn1. The molecule has 0 aromatic carbocycles. The van der Waals surface area contributed by atoms with E-state index >= 15 is 0 Å². The normalized spacial score (nSPS) is 9.38. The Balaban J connectivity index is 2.74. The number of hydrogen-bond acceptors (Lipinski definition) is 5. The van der Waals surface area contributed by atoms with Crippen LogP contribution in [0.3, 0.4) is 0 Å². The molecule has 0 fully saturated rings. The zero-order valence-electron chi connectivity index (χ0n) is 7.57. The first-order valence-corrected chi connectivity index (χ1v) is 3.96. The molecule has 0 bridgehead atoms. The Morgan fingerprint density at radius 1 is 1.38 bits per heavy atom. The molecule has 1 rings (SSSR count). The smallest absolute Gasteiger partial charge is 0.182 e. The van der Waals surface area contributed by atoms with Gasteiger partial charge in [-0.15, -0.1) is 0 Å². The Kier molecular flexibility index (Phi) is 3.03. The molecule has 1 heterocycles. The van der Waals surface area contributed by atoms with Crippen LogP contribution in [0, 0.1) is 11.5 Å². The minimum Gasteiger partial charge on any atom is -0.368 e. The van der Waals surface area contributed by atoms with Gasteiger partial charge in [0.15, 0.2) is 6.19 Å². The summed E-state index contributed by atoms with van der Waals surface area (Å²) >= 11 is 0. The Labute approximate surface area is 76.8 Å². The summed E-state index contributed by atoms with van der Waals surface area (Å²) in [5.41, 5.74) is 0. The van der Waals surface area contributed by atoms with E-state index in [1.165, 1.54) is 6.33 Å². The maximum Gasteiger partial charge on any atom is 0.182 e. The highest BCUT2D eigenvalue weighted by molar-refractivity contribution is 5.48. The summed E-state index contributed by atoms with van der Waals surface area (Å²) in [6.07, 6.45) is 3.20. The summed E-state index contributed by atoms with van der Waals surface area (Å²) in [4.78, 5) is 7.84. The van der Waals surface area contributed by atoms with Gasteiger partial charge < -0.3 is 5.32 Å². The number of hydrogen-bond donors (Lipinski definition) is 2. The third-order valence-electron chi connectivity index (χ3n) is 1.29. The van der Waals surface area contributed by atoms with E-state index < -0.39 is 0 Å². The van der Waals surface area contributed by atoms with Crippen LogP contribution in [0.4, 0.5) is 11.6 Å². The van der Waals surface area contributed by atoms with Crippen molar-refractivity contribution >= 4 is 11.6 Å². The first-order chi connectivity index (χ1) is 6.22. The molecule has 1 aromatic rings. The fraction of sp³-hybridized carbons (Fsp3) is 0.375. The summed E-state index contributed by atoms with van der Waals surface area (Å²) in [7, 11) is 0. The second-order valence-corrected chi connectivity index (χ2v) is 2.82. The van der Waals surface area contributed by atoms with Crippen molar-refractivity contribution in [2.24, 2.45) is 0 Å². The van der Waals surface area contributed by atoms with Gasteiger partial charge in [0.25, 0.3) is 0 Å². The highest BCUT2D eigenvalue weighted by Gasteiger charge is 1.98. The minimum absolute atomic E-state index is 0.310. The molecular weight excluding hydrogens is 166 g/mol. The van der Waals surface area contributed by atoms with Gasteiger partial charge in [-0.25, -0.2) is 9.97 Å². The molecule has 5 heteroatoms. The van der Waals surface area contributed by atoms with Crippen LogP contribution in [0.1, 0.15) is 13.8 Å². The van der Waals surface area contributed by atoms with Crippen molar-refractivity contribution in [1.29, 1.82) is 5.26 Å². The predicted molar refractivity (Wildman–Crippen MR) is 50.0 cm³/mol. The van der Waals surface area contributed by atoms with Gasteiger partial charge >= 0.3 is 0 Å². The average molecular weight is 177 g/mol. The van der Waals surface area contributed by atoms with Gasteiger partial charge in [0.05, 0.1) is 0 Å². The summed E-state index contributed by atoms with van der Waals surface area (Å²) in [6, 6.07) is 1.99. The number of nitriles is 1. The van der Waals surface area contributed by atoms with Gasteiger partial charge in [-0.3, -0.25) is 5.32 Å². The van der Waals surface area contributed by atoms with E-state index in [2.05, 4.69) is 20.6 Å². The number of anilines is 2. The first-order valence-electron chi connectivity index (χ1n) is 3.96. The second-order valence-electron chi connectivity index (χ2n) is 2.82. The summed E-state index contributed by atoms with van der Waals surface area (Å²) in [5.74, 6) is 1.21. The van der Waals surface area contributed by atoms with Crippen molar-refractivity contribution in [2.75, 3.05) is 10.6 Å². The van der Waals surface area contributed by atoms with Crippen LogP contribution in [-0.4, -0.2) is 16.0 Å². The molecule has 0 spiro atoms. The number of nitrogens with one attached hydrogen (secondary N) is 2. The van der Waals surface area contributed by atoms with E-state index in [4.69, 9.17) is 5.26 Å². The van der Waals surface area contributed by atoms with Gasteiger partial charge in [-0.05, 0) is 13.8 Å². The molecule has 0 atom stereocenters. The Hall–Kier alpha value is -1.83. The molecular formula is C8H11N5. The van der Waals surface area contributed by atoms with Crippen molar-refractivity contribution in [1.82, 2.24) is 9.97 Å². The van der Waals surface area contributed by atoms with E-state index in [9.17, 15) is 0 Å². The molecule has 68 valence electrons. The van der Waals surface area contributed by atoms with Crippen LogP contribution in [0.5, 0.6) is 0 Å². The van der Waals surface area contributed by atoms with E-state index in [0.29, 0.717) is 17.7 Å². The molecule has 0 aliphatic rings. The lowest BCUT2D eigenvalue weighted by molar-refractivity contribution is 0.886. The zero-order valence-corrected chi connectivity index (χ0v) is 7.57. The van der Waals surface area contributed by atoms with E-state index in [-0.39, 0.29) is 0 Å². The van der Waals surface area contributed by atoms with Crippen LogP contribution in [-0.2, 0) is 0 Å². The van der Waals surface area contributed by atoms with Crippen LogP contribution < -0.4 is 10.6 Å². The van der Waals surface area contributed by atoms with Crippen molar-refractivity contribution in [3.8, 4) is 6.19 Å². The number of aromatic nitrogens is 2. The molecule has 0 unspecified atom stereocenters. The predicted octanol–water partition coefficient (Wildman–Crippen LogP) is 1.19. The average Bonchev–Trinajstić information content (AvgIpc) is 2.04. The third kappa shape index (κ3) is 2.95. The Morgan fingerprint density at radius 2 is 2.08 bits per heavy atom. The monoisotopic (exact) mass is 177 g/mol. The van der Waals surface area contributed by atoms with Crippen LogP contribution >= 0.6 is 0 Å². The van der Waals surface area contributed by atoms with Crippen molar-refractivity contribution < 1.29 is 0 Å². The molecule has 0 aliphatic heterocycles. The summed E-state index contributed by atoms with van der Waals surface area (Å²) < 4.78 is 0. The number of rotatable bonds is 3. The van der Waals surface area contributed by atoms with Crippen LogP contribution in [0.25, 0.3) is 0 Å². The third-order valence-corrected chi connectivity index (χ3v) is 1.29. The van der Waals surface area contributed by atoms with Crippen molar-refractivity contribution in [2.45, 2.75) is 19.9 Å². The molecule has 0 amide bonds. The largest absolute Gasteiger partial charge is 0.368 e. The molecule has 2 N–H and O–H groups in total. The zero-order chi connectivity index (χ0) is 9.68. The van der Waals surface area contributed by atoms with Gasteiger partial charge in [-0.2, -0.15) is 5.26 Å². The minimum atomic E-state index is 0.310.